The Morgan fingerprint density at radius 2 is 1.84 bits per heavy atom. The first kappa shape index (κ1) is 19.7. The fraction of sp³-hybridized carbons (Fsp3) is 0.824. The van der Waals surface area contributed by atoms with Crippen molar-refractivity contribution in [3.05, 3.63) is 0 Å². The highest BCUT2D eigenvalue weighted by Gasteiger charge is 2.42. The van der Waals surface area contributed by atoms with E-state index in [4.69, 9.17) is 5.73 Å². The molecule has 0 bridgehead atoms. The van der Waals surface area contributed by atoms with E-state index in [0.29, 0.717) is 13.0 Å². The number of nitrogens with zero attached hydrogens (tertiary/aromatic N) is 1. The summed E-state index contributed by atoms with van der Waals surface area (Å²) in [7, 11) is 3.25. The van der Waals surface area contributed by atoms with Gasteiger partial charge in [0.05, 0.1) is 6.54 Å². The Morgan fingerprint density at radius 1 is 1.16 bits per heavy atom. The number of carbonyl (C=O) groups excluding carboxylic acids is 3. The summed E-state index contributed by atoms with van der Waals surface area (Å²) in [5.74, 6) is -0.473. The van der Waals surface area contributed by atoms with E-state index < -0.39 is 12.1 Å². The molecule has 142 valence electrons. The second-order valence-corrected chi connectivity index (χ2v) is 7.09. The van der Waals surface area contributed by atoms with Crippen LogP contribution in [0.15, 0.2) is 0 Å². The van der Waals surface area contributed by atoms with Gasteiger partial charge in [0.25, 0.3) is 0 Å². The second-order valence-electron chi connectivity index (χ2n) is 7.09. The molecule has 0 aromatic carbocycles. The van der Waals surface area contributed by atoms with E-state index in [1.807, 2.05) is 0 Å². The van der Waals surface area contributed by atoms with Gasteiger partial charge < -0.3 is 26.6 Å². The molecule has 5 N–H and O–H groups in total. The Hall–Kier alpha value is -1.67. The maximum atomic E-state index is 13.2. The van der Waals surface area contributed by atoms with Crippen LogP contribution in [-0.2, 0) is 14.4 Å². The van der Waals surface area contributed by atoms with Crippen molar-refractivity contribution in [2.45, 2.75) is 56.7 Å². The Bertz CT molecular complexity index is 493. The van der Waals surface area contributed by atoms with Crippen molar-refractivity contribution in [3.8, 4) is 0 Å². The van der Waals surface area contributed by atoms with E-state index >= 15 is 0 Å². The molecule has 2 aliphatic rings. The third-order valence-electron chi connectivity index (χ3n) is 5.21. The van der Waals surface area contributed by atoms with Gasteiger partial charge in [-0.1, -0.05) is 19.3 Å². The van der Waals surface area contributed by atoms with E-state index in [1.54, 1.807) is 19.0 Å². The summed E-state index contributed by atoms with van der Waals surface area (Å²) in [6.07, 6.45) is 5.58. The summed E-state index contributed by atoms with van der Waals surface area (Å²) in [6.45, 7) is 0.511. The van der Waals surface area contributed by atoms with Crippen LogP contribution in [0.4, 0.5) is 0 Å². The summed E-state index contributed by atoms with van der Waals surface area (Å²) < 4.78 is 0. The predicted molar refractivity (Wildman–Crippen MR) is 94.6 cm³/mol. The standard InChI is InChI=1S/C17H31N5O3/c1-19-9-14(23)21-15(11-6-4-3-5-7-11)17(25)22-10-12(18)8-13(22)16(24)20-2/h11-13,15,19H,3-10,18H2,1-2H3,(H,20,24)(H,21,23). The second kappa shape index (κ2) is 9.15. The van der Waals surface area contributed by atoms with Gasteiger partial charge in [0.2, 0.25) is 17.7 Å². The SMILES string of the molecule is CNCC(=O)NC(C(=O)N1CC(N)CC1C(=O)NC)C1CCCCC1. The lowest BCUT2D eigenvalue weighted by Crippen LogP contribution is -2.57. The van der Waals surface area contributed by atoms with Crippen LogP contribution in [0.2, 0.25) is 0 Å². The lowest BCUT2D eigenvalue weighted by Gasteiger charge is -2.34. The van der Waals surface area contributed by atoms with Crippen LogP contribution in [-0.4, -0.2) is 67.9 Å². The van der Waals surface area contributed by atoms with Gasteiger partial charge in [-0.15, -0.1) is 0 Å². The smallest absolute Gasteiger partial charge is 0.246 e. The molecule has 2 rings (SSSR count). The zero-order valence-electron chi connectivity index (χ0n) is 15.2. The summed E-state index contributed by atoms with van der Waals surface area (Å²) in [6, 6.07) is -1.36. The van der Waals surface area contributed by atoms with E-state index in [0.717, 1.165) is 32.1 Å². The van der Waals surface area contributed by atoms with Crippen LogP contribution in [0, 0.1) is 5.92 Å². The van der Waals surface area contributed by atoms with Gasteiger partial charge in [-0.3, -0.25) is 14.4 Å². The number of nitrogens with two attached hydrogens (primary N) is 1. The van der Waals surface area contributed by atoms with Gasteiger partial charge in [-0.2, -0.15) is 0 Å². The Labute approximate surface area is 149 Å². The van der Waals surface area contributed by atoms with E-state index in [9.17, 15) is 14.4 Å². The summed E-state index contributed by atoms with van der Waals surface area (Å²) >= 11 is 0. The average molecular weight is 353 g/mol. The molecule has 3 atom stereocenters. The van der Waals surface area contributed by atoms with E-state index in [-0.39, 0.29) is 36.2 Å². The largest absolute Gasteiger partial charge is 0.357 e. The number of amides is 3. The fourth-order valence-electron chi connectivity index (χ4n) is 3.94. The van der Waals surface area contributed by atoms with Crippen LogP contribution in [0.25, 0.3) is 0 Å². The molecule has 1 heterocycles. The normalized spacial score (nSPS) is 25.5. The highest BCUT2D eigenvalue weighted by molar-refractivity contribution is 5.93. The molecule has 3 amide bonds. The first-order valence-corrected chi connectivity index (χ1v) is 9.19. The number of hydrogen-bond donors (Lipinski definition) is 4. The number of carbonyl (C=O) groups is 3. The molecule has 1 saturated carbocycles. The zero-order chi connectivity index (χ0) is 18.4. The average Bonchev–Trinajstić information content (AvgIpc) is 3.01. The van der Waals surface area contributed by atoms with Crippen LogP contribution < -0.4 is 21.7 Å². The molecular weight excluding hydrogens is 322 g/mol. The summed E-state index contributed by atoms with van der Waals surface area (Å²) in [5.41, 5.74) is 6.00. The lowest BCUT2D eigenvalue weighted by atomic mass is 9.83. The van der Waals surface area contributed by atoms with Crippen molar-refractivity contribution in [2.24, 2.45) is 11.7 Å². The molecule has 3 unspecified atom stereocenters. The predicted octanol–water partition coefficient (Wildman–Crippen LogP) is -1.05. The number of nitrogens with one attached hydrogen (secondary N) is 3. The minimum absolute atomic E-state index is 0.115. The highest BCUT2D eigenvalue weighted by Crippen LogP contribution is 2.29. The Kier molecular flexibility index (Phi) is 7.19. The fourth-order valence-corrected chi connectivity index (χ4v) is 3.94. The molecule has 25 heavy (non-hydrogen) atoms. The summed E-state index contributed by atoms with van der Waals surface area (Å²) in [5, 5.41) is 8.30. The lowest BCUT2D eigenvalue weighted by molar-refractivity contribution is -0.142. The van der Waals surface area contributed by atoms with Crippen LogP contribution >= 0.6 is 0 Å². The third kappa shape index (κ3) is 4.92. The van der Waals surface area contributed by atoms with Crippen molar-refractivity contribution in [2.75, 3.05) is 27.2 Å². The molecule has 0 aromatic heterocycles. The first-order valence-electron chi connectivity index (χ1n) is 9.19. The van der Waals surface area contributed by atoms with Gasteiger partial charge in [0.15, 0.2) is 0 Å². The maximum absolute atomic E-state index is 13.2. The topological polar surface area (TPSA) is 117 Å². The monoisotopic (exact) mass is 353 g/mol. The Morgan fingerprint density at radius 3 is 2.44 bits per heavy atom. The van der Waals surface area contributed by atoms with Crippen LogP contribution in [0.5, 0.6) is 0 Å². The first-order chi connectivity index (χ1) is 12.0. The minimum Gasteiger partial charge on any atom is -0.357 e. The number of rotatable bonds is 6. The zero-order valence-corrected chi connectivity index (χ0v) is 15.2. The third-order valence-corrected chi connectivity index (χ3v) is 5.21. The molecule has 0 aromatic rings. The van der Waals surface area contributed by atoms with Gasteiger partial charge in [-0.25, -0.2) is 0 Å². The molecule has 0 radical (unpaired) electrons. The minimum atomic E-state index is -0.585. The van der Waals surface area contributed by atoms with Crippen molar-refractivity contribution in [1.29, 1.82) is 0 Å². The van der Waals surface area contributed by atoms with Crippen molar-refractivity contribution in [1.82, 2.24) is 20.9 Å². The molecule has 1 aliphatic carbocycles. The molecular formula is C17H31N5O3. The molecule has 8 nitrogen and oxygen atoms in total. The molecule has 8 heteroatoms. The molecule has 1 saturated heterocycles. The van der Waals surface area contributed by atoms with Crippen molar-refractivity contribution >= 4 is 17.7 Å². The van der Waals surface area contributed by atoms with Crippen molar-refractivity contribution in [3.63, 3.8) is 0 Å². The quantitative estimate of drug-likeness (QED) is 0.486. The van der Waals surface area contributed by atoms with E-state index in [2.05, 4.69) is 16.0 Å². The number of likely N-dealkylation sites (tertiary alicyclic amines) is 1. The molecule has 1 aliphatic heterocycles. The summed E-state index contributed by atoms with van der Waals surface area (Å²) in [4.78, 5) is 39.0. The molecule has 2 fully saturated rings. The van der Waals surface area contributed by atoms with Gasteiger partial charge in [-0.05, 0) is 32.2 Å². The van der Waals surface area contributed by atoms with Crippen molar-refractivity contribution < 1.29 is 14.4 Å². The van der Waals surface area contributed by atoms with E-state index in [1.165, 1.54) is 0 Å². The van der Waals surface area contributed by atoms with Crippen LogP contribution in [0.1, 0.15) is 38.5 Å². The van der Waals surface area contributed by atoms with Gasteiger partial charge in [0.1, 0.15) is 12.1 Å². The van der Waals surface area contributed by atoms with Gasteiger partial charge >= 0.3 is 0 Å². The highest BCUT2D eigenvalue weighted by atomic mass is 16.2. The Balaban J connectivity index is 2.17. The number of likely N-dealkylation sites (N-methyl/N-ethyl adjacent to an activating group) is 2. The maximum Gasteiger partial charge on any atom is 0.246 e. The van der Waals surface area contributed by atoms with Gasteiger partial charge in [0, 0.05) is 19.6 Å². The van der Waals surface area contributed by atoms with Crippen LogP contribution in [0.3, 0.4) is 0 Å². The molecule has 0 spiro atoms. The number of hydrogen-bond acceptors (Lipinski definition) is 5.